The number of alkyl halides is 3. The first-order valence-corrected chi connectivity index (χ1v) is 9.65. The van der Waals surface area contributed by atoms with Crippen molar-refractivity contribution >= 4 is 43.5 Å². The second-order valence-corrected chi connectivity index (χ2v) is 10.2. The Morgan fingerprint density at radius 2 is 1.95 bits per heavy atom. The summed E-state index contributed by atoms with van der Waals surface area (Å²) in [5, 5.41) is 10.4. The molecule has 2 aliphatic carbocycles. The van der Waals surface area contributed by atoms with E-state index in [2.05, 4.69) is 52.6 Å². The third-order valence-electron chi connectivity index (χ3n) is 5.73. The van der Waals surface area contributed by atoms with Crippen LogP contribution >= 0.6 is 43.5 Å². The Morgan fingerprint density at radius 1 is 1.33 bits per heavy atom. The van der Waals surface area contributed by atoms with E-state index < -0.39 is 6.10 Å². The van der Waals surface area contributed by atoms with Gasteiger partial charge in [-0.1, -0.05) is 51.8 Å². The molecule has 21 heavy (non-hydrogen) atoms. The van der Waals surface area contributed by atoms with E-state index in [1.165, 1.54) is 5.57 Å². The minimum absolute atomic E-state index is 0.00102. The molecule has 122 valence electrons. The third-order valence-corrected chi connectivity index (χ3v) is 9.47. The largest absolute Gasteiger partial charge is 0.388 e. The quantitative estimate of drug-likeness (QED) is 0.496. The number of hydrogen-bond acceptors (Lipinski definition) is 2. The van der Waals surface area contributed by atoms with E-state index >= 15 is 0 Å². The Morgan fingerprint density at radius 3 is 2.48 bits per heavy atom. The molecule has 0 amide bonds. The van der Waals surface area contributed by atoms with Gasteiger partial charge in [0, 0.05) is 17.4 Å². The van der Waals surface area contributed by atoms with E-state index in [0.717, 1.165) is 19.3 Å². The zero-order valence-corrected chi connectivity index (χ0v) is 17.1. The van der Waals surface area contributed by atoms with Gasteiger partial charge in [0.05, 0.1) is 22.4 Å². The molecule has 0 saturated heterocycles. The van der Waals surface area contributed by atoms with Crippen molar-refractivity contribution in [3.05, 3.63) is 11.6 Å². The molecule has 5 heteroatoms. The van der Waals surface area contributed by atoms with Gasteiger partial charge >= 0.3 is 0 Å². The van der Waals surface area contributed by atoms with Crippen LogP contribution in [0, 0.1) is 10.8 Å². The van der Waals surface area contributed by atoms with E-state index in [0.29, 0.717) is 6.61 Å². The van der Waals surface area contributed by atoms with Gasteiger partial charge in [-0.2, -0.15) is 0 Å². The van der Waals surface area contributed by atoms with Gasteiger partial charge < -0.3 is 9.84 Å². The smallest absolute Gasteiger partial charge is 0.0855 e. The maximum absolute atomic E-state index is 10.4. The minimum atomic E-state index is -0.478. The Hall–Kier alpha value is 0.910. The van der Waals surface area contributed by atoms with Crippen LogP contribution in [-0.4, -0.2) is 39.5 Å². The zero-order valence-electron chi connectivity index (χ0n) is 13.1. The molecular weight excluding hydrogens is 419 g/mol. The first-order chi connectivity index (χ1) is 9.58. The lowest BCUT2D eigenvalue weighted by Gasteiger charge is -2.59. The van der Waals surface area contributed by atoms with Crippen LogP contribution < -0.4 is 0 Å². The van der Waals surface area contributed by atoms with Crippen molar-refractivity contribution in [1.29, 1.82) is 0 Å². The summed E-state index contributed by atoms with van der Waals surface area (Å²) >= 11 is 14.2. The lowest BCUT2D eigenvalue weighted by molar-refractivity contribution is 0.000556. The van der Waals surface area contributed by atoms with Crippen molar-refractivity contribution in [2.45, 2.75) is 60.7 Å². The minimum Gasteiger partial charge on any atom is -0.388 e. The molecule has 1 fully saturated rings. The molecule has 0 bridgehead atoms. The number of rotatable bonds is 2. The highest BCUT2D eigenvalue weighted by Gasteiger charge is 2.59. The first kappa shape index (κ1) is 18.3. The molecule has 0 aromatic rings. The Labute approximate surface area is 149 Å². The molecule has 1 N–H and O–H groups in total. The van der Waals surface area contributed by atoms with Gasteiger partial charge in [-0.15, -0.1) is 11.6 Å². The van der Waals surface area contributed by atoms with E-state index in [1.54, 1.807) is 7.11 Å². The number of hydrogen-bond donors (Lipinski definition) is 1. The van der Waals surface area contributed by atoms with Crippen molar-refractivity contribution in [3.8, 4) is 0 Å². The summed E-state index contributed by atoms with van der Waals surface area (Å²) in [5.41, 5.74) is 1.14. The van der Waals surface area contributed by atoms with Gasteiger partial charge in [0.1, 0.15) is 0 Å². The molecule has 1 saturated carbocycles. The summed E-state index contributed by atoms with van der Waals surface area (Å²) in [6.07, 6.45) is 4.44. The average molecular weight is 445 g/mol. The highest BCUT2D eigenvalue weighted by molar-refractivity contribution is 9.09. The topological polar surface area (TPSA) is 29.5 Å². The van der Waals surface area contributed by atoms with Gasteiger partial charge in [-0.05, 0) is 37.2 Å². The van der Waals surface area contributed by atoms with Gasteiger partial charge in [-0.25, -0.2) is 0 Å². The molecule has 0 aromatic carbocycles. The summed E-state index contributed by atoms with van der Waals surface area (Å²) in [5.74, 6) is 0. The Bertz CT molecular complexity index is 436. The second kappa shape index (κ2) is 6.08. The summed E-state index contributed by atoms with van der Waals surface area (Å²) in [6.45, 7) is 7.17. The fourth-order valence-electron chi connectivity index (χ4n) is 4.01. The van der Waals surface area contributed by atoms with Crippen molar-refractivity contribution in [2.75, 3.05) is 13.7 Å². The van der Waals surface area contributed by atoms with E-state index in [-0.39, 0.29) is 25.4 Å². The van der Waals surface area contributed by atoms with Gasteiger partial charge in [-0.3, -0.25) is 0 Å². The molecule has 0 aliphatic heterocycles. The number of ether oxygens (including phenoxy) is 1. The molecule has 5 unspecified atom stereocenters. The predicted molar refractivity (Wildman–Crippen MR) is 95.7 cm³/mol. The highest BCUT2D eigenvalue weighted by Crippen LogP contribution is 2.63. The van der Waals surface area contributed by atoms with Crippen molar-refractivity contribution in [2.24, 2.45) is 10.8 Å². The zero-order chi connectivity index (χ0) is 16.1. The molecule has 0 aromatic heterocycles. The summed E-state index contributed by atoms with van der Waals surface area (Å²) in [7, 11) is 1.72. The normalized spacial score (nSPS) is 46.5. The summed E-state index contributed by atoms with van der Waals surface area (Å²) < 4.78 is 5.43. The van der Waals surface area contributed by atoms with Gasteiger partial charge in [0.25, 0.3) is 0 Å². The summed E-state index contributed by atoms with van der Waals surface area (Å²) in [6, 6.07) is 0. The molecule has 5 atom stereocenters. The standard InChI is InChI=1S/C16H25Br2ClO2/c1-14(2)13(18)11(20)7-10(9-21-4)16(14)6-5-15(3,19)12(17)8-16/h7,11-13,20H,5-6,8-9H2,1-4H3. The Kier molecular flexibility index (Phi) is 5.29. The monoisotopic (exact) mass is 442 g/mol. The van der Waals surface area contributed by atoms with Crippen LogP contribution in [0.2, 0.25) is 0 Å². The molecule has 2 aliphatic rings. The maximum atomic E-state index is 10.4. The van der Waals surface area contributed by atoms with Crippen LogP contribution in [0.15, 0.2) is 11.6 Å². The molecule has 0 radical (unpaired) electrons. The highest BCUT2D eigenvalue weighted by atomic mass is 79.9. The van der Waals surface area contributed by atoms with Gasteiger partial charge in [0.15, 0.2) is 0 Å². The molecular formula is C16H25Br2ClO2. The van der Waals surface area contributed by atoms with Gasteiger partial charge in [0.2, 0.25) is 0 Å². The van der Waals surface area contributed by atoms with E-state index in [9.17, 15) is 5.11 Å². The van der Waals surface area contributed by atoms with Crippen LogP contribution in [0.1, 0.15) is 40.0 Å². The van der Waals surface area contributed by atoms with Crippen molar-refractivity contribution in [3.63, 3.8) is 0 Å². The first-order valence-electron chi connectivity index (χ1n) is 7.44. The number of aliphatic hydroxyl groups is 1. The molecule has 2 nitrogen and oxygen atoms in total. The van der Waals surface area contributed by atoms with Crippen LogP contribution in [0.25, 0.3) is 0 Å². The van der Waals surface area contributed by atoms with Crippen LogP contribution in [0.3, 0.4) is 0 Å². The second-order valence-electron chi connectivity index (χ2n) is 7.27. The van der Waals surface area contributed by atoms with E-state index in [1.807, 2.05) is 6.08 Å². The molecule has 0 heterocycles. The fraction of sp³-hybridized carbons (Fsp3) is 0.875. The van der Waals surface area contributed by atoms with Crippen LogP contribution in [0.5, 0.6) is 0 Å². The number of methoxy groups -OCH3 is 1. The lowest BCUT2D eigenvalue weighted by atomic mass is 9.50. The van der Waals surface area contributed by atoms with Crippen molar-refractivity contribution in [1.82, 2.24) is 0 Å². The third kappa shape index (κ3) is 2.88. The predicted octanol–water partition coefficient (Wildman–Crippen LogP) is 4.65. The lowest BCUT2D eigenvalue weighted by Crippen LogP contribution is -2.57. The SMILES string of the molecule is COCC1=CC(O)C(Br)C(C)(C)C12CCC(C)(Cl)C(Br)C2. The van der Waals surface area contributed by atoms with Crippen LogP contribution in [-0.2, 0) is 4.74 Å². The summed E-state index contributed by atoms with van der Waals surface area (Å²) in [4.78, 5) is 0.0667. The number of halogens is 3. The maximum Gasteiger partial charge on any atom is 0.0855 e. The van der Waals surface area contributed by atoms with Crippen molar-refractivity contribution < 1.29 is 9.84 Å². The fourth-order valence-corrected chi connectivity index (χ4v) is 5.55. The Balaban J connectivity index is 2.48. The van der Waals surface area contributed by atoms with Crippen LogP contribution in [0.4, 0.5) is 0 Å². The number of aliphatic hydroxyl groups excluding tert-OH is 1. The molecule has 1 spiro atoms. The van der Waals surface area contributed by atoms with E-state index in [4.69, 9.17) is 16.3 Å². The molecule has 2 rings (SSSR count). The average Bonchev–Trinajstić information content (AvgIpc) is 2.39.